The maximum atomic E-state index is 14.1. The average molecular weight is 344 g/mol. The summed E-state index contributed by atoms with van der Waals surface area (Å²) < 4.78 is 71.6. The minimum Gasteiger partial charge on any atom is -0.456 e. The molecule has 2 rings (SSSR count). The standard InChI is InChI=1S/C17H13F5O2/c1-8(2)16(23)9-4-3-5-10(6-9)24-17(22)11-7-12(18)14(20)15(21)13(11)19/h3-8,17H,1-2H3. The summed E-state index contributed by atoms with van der Waals surface area (Å²) in [4.78, 5) is 11.9. The molecule has 0 spiro atoms. The van der Waals surface area contributed by atoms with E-state index in [0.717, 1.165) is 0 Å². The molecule has 2 nitrogen and oxygen atoms in total. The number of hydrogen-bond donors (Lipinski definition) is 0. The molecule has 0 bridgehead atoms. The van der Waals surface area contributed by atoms with Gasteiger partial charge in [0.15, 0.2) is 29.1 Å². The largest absolute Gasteiger partial charge is 0.456 e. The fourth-order valence-electron chi connectivity index (χ4n) is 2.00. The quantitative estimate of drug-likeness (QED) is 0.325. The minimum atomic E-state index is -2.58. The van der Waals surface area contributed by atoms with E-state index >= 15 is 0 Å². The van der Waals surface area contributed by atoms with Crippen molar-refractivity contribution in [3.8, 4) is 5.75 Å². The molecule has 0 amide bonds. The molecule has 24 heavy (non-hydrogen) atoms. The van der Waals surface area contributed by atoms with Gasteiger partial charge in [-0.3, -0.25) is 4.79 Å². The molecule has 0 saturated carbocycles. The maximum Gasteiger partial charge on any atom is 0.267 e. The zero-order valence-electron chi connectivity index (χ0n) is 12.7. The Labute approximate surface area is 134 Å². The van der Waals surface area contributed by atoms with Crippen molar-refractivity contribution in [2.75, 3.05) is 0 Å². The molecule has 1 atom stereocenters. The molecular formula is C17H13F5O2. The van der Waals surface area contributed by atoms with E-state index in [1.807, 2.05) is 0 Å². The molecule has 0 aliphatic carbocycles. The van der Waals surface area contributed by atoms with Crippen LogP contribution in [0, 0.1) is 29.2 Å². The Morgan fingerprint density at radius 1 is 1.00 bits per heavy atom. The van der Waals surface area contributed by atoms with Crippen LogP contribution in [0.2, 0.25) is 0 Å². The zero-order chi connectivity index (χ0) is 18.0. The number of ether oxygens (including phenoxy) is 1. The van der Waals surface area contributed by atoms with Gasteiger partial charge in [0.2, 0.25) is 0 Å². The summed E-state index contributed by atoms with van der Waals surface area (Å²) in [7, 11) is 0. The number of carbonyl (C=O) groups is 1. The SMILES string of the molecule is CC(C)C(=O)c1cccc(OC(F)c2cc(F)c(F)c(F)c2F)c1. The number of benzene rings is 2. The highest BCUT2D eigenvalue weighted by Crippen LogP contribution is 2.29. The first kappa shape index (κ1) is 17.9. The number of hydrogen-bond acceptors (Lipinski definition) is 2. The van der Waals surface area contributed by atoms with Gasteiger partial charge in [-0.2, -0.15) is 4.39 Å². The van der Waals surface area contributed by atoms with Gasteiger partial charge in [0.1, 0.15) is 5.75 Å². The predicted molar refractivity (Wildman–Crippen MR) is 76.4 cm³/mol. The van der Waals surface area contributed by atoms with E-state index in [4.69, 9.17) is 4.74 Å². The summed E-state index contributed by atoms with van der Waals surface area (Å²) in [5, 5.41) is 0. The number of ketones is 1. The van der Waals surface area contributed by atoms with E-state index < -0.39 is 35.2 Å². The van der Waals surface area contributed by atoms with Crippen LogP contribution >= 0.6 is 0 Å². The third-order valence-electron chi connectivity index (χ3n) is 3.26. The van der Waals surface area contributed by atoms with Gasteiger partial charge in [0.05, 0.1) is 5.56 Å². The van der Waals surface area contributed by atoms with Crippen molar-refractivity contribution in [2.45, 2.75) is 20.2 Å². The molecule has 1 unspecified atom stereocenters. The fraction of sp³-hybridized carbons (Fsp3) is 0.235. The van der Waals surface area contributed by atoms with Crippen molar-refractivity contribution in [1.82, 2.24) is 0 Å². The van der Waals surface area contributed by atoms with Gasteiger partial charge in [-0.15, -0.1) is 0 Å². The molecule has 0 aliphatic rings. The topological polar surface area (TPSA) is 26.3 Å². The molecule has 7 heteroatoms. The van der Waals surface area contributed by atoms with Crippen LogP contribution in [0.1, 0.15) is 36.1 Å². The lowest BCUT2D eigenvalue weighted by Crippen LogP contribution is -2.10. The van der Waals surface area contributed by atoms with Crippen molar-refractivity contribution < 1.29 is 31.5 Å². The Hall–Kier alpha value is -2.44. The van der Waals surface area contributed by atoms with Gasteiger partial charge >= 0.3 is 0 Å². The van der Waals surface area contributed by atoms with Gasteiger partial charge in [0.25, 0.3) is 6.36 Å². The number of Topliss-reactive ketones (excluding diaryl/α,β-unsaturated/α-hetero) is 1. The summed E-state index contributed by atoms with van der Waals surface area (Å²) in [5.74, 6) is -8.44. The van der Waals surface area contributed by atoms with Crippen LogP contribution in [0.25, 0.3) is 0 Å². The van der Waals surface area contributed by atoms with Crippen LogP contribution in [-0.2, 0) is 0 Å². The van der Waals surface area contributed by atoms with Gasteiger partial charge in [-0.25, -0.2) is 17.6 Å². The van der Waals surface area contributed by atoms with Crippen molar-refractivity contribution in [3.63, 3.8) is 0 Å². The van der Waals surface area contributed by atoms with Crippen molar-refractivity contribution >= 4 is 5.78 Å². The molecule has 0 N–H and O–H groups in total. The third kappa shape index (κ3) is 3.55. The molecule has 0 aliphatic heterocycles. The lowest BCUT2D eigenvalue weighted by atomic mass is 10.0. The second-order valence-corrected chi connectivity index (χ2v) is 5.37. The number of carbonyl (C=O) groups excluding carboxylic acids is 1. The van der Waals surface area contributed by atoms with Crippen LogP contribution in [0.15, 0.2) is 30.3 Å². The Balaban J connectivity index is 2.29. The highest BCUT2D eigenvalue weighted by molar-refractivity contribution is 5.97. The molecule has 0 fully saturated rings. The summed E-state index contributed by atoms with van der Waals surface area (Å²) >= 11 is 0. The molecule has 2 aromatic carbocycles. The summed E-state index contributed by atoms with van der Waals surface area (Å²) in [6.07, 6.45) is -2.58. The number of alkyl halides is 1. The smallest absolute Gasteiger partial charge is 0.267 e. The molecule has 2 aromatic rings. The van der Waals surface area contributed by atoms with Crippen LogP contribution in [0.4, 0.5) is 22.0 Å². The fourth-order valence-corrected chi connectivity index (χ4v) is 2.00. The Bertz CT molecular complexity index is 774. The molecule has 0 saturated heterocycles. The first-order valence-corrected chi connectivity index (χ1v) is 7.00. The second kappa shape index (κ2) is 6.98. The molecule has 0 heterocycles. The Kier molecular flexibility index (Phi) is 5.21. The van der Waals surface area contributed by atoms with E-state index in [0.29, 0.717) is 0 Å². The van der Waals surface area contributed by atoms with Crippen LogP contribution < -0.4 is 4.74 Å². The minimum absolute atomic E-state index is 0.140. The highest BCUT2D eigenvalue weighted by atomic mass is 19.2. The molecular weight excluding hydrogens is 331 g/mol. The summed E-state index contributed by atoms with van der Waals surface area (Å²) in [6.45, 7) is 3.35. The Morgan fingerprint density at radius 2 is 1.67 bits per heavy atom. The molecule has 0 aromatic heterocycles. The first-order chi connectivity index (χ1) is 11.2. The van der Waals surface area contributed by atoms with Crippen LogP contribution in [0.5, 0.6) is 5.75 Å². The van der Waals surface area contributed by atoms with Crippen LogP contribution in [0.3, 0.4) is 0 Å². The highest BCUT2D eigenvalue weighted by Gasteiger charge is 2.25. The monoisotopic (exact) mass is 344 g/mol. The maximum absolute atomic E-state index is 14.1. The number of halogens is 5. The molecule has 128 valence electrons. The normalized spacial score (nSPS) is 12.3. The third-order valence-corrected chi connectivity index (χ3v) is 3.26. The van der Waals surface area contributed by atoms with Gasteiger partial charge in [-0.05, 0) is 18.2 Å². The van der Waals surface area contributed by atoms with E-state index in [9.17, 15) is 26.7 Å². The lowest BCUT2D eigenvalue weighted by molar-refractivity contribution is 0.0620. The lowest BCUT2D eigenvalue weighted by Gasteiger charge is -2.14. The van der Waals surface area contributed by atoms with E-state index in [-0.39, 0.29) is 29.1 Å². The average Bonchev–Trinajstić information content (AvgIpc) is 2.55. The first-order valence-electron chi connectivity index (χ1n) is 7.00. The van der Waals surface area contributed by atoms with Gasteiger partial charge < -0.3 is 4.74 Å². The van der Waals surface area contributed by atoms with E-state index in [2.05, 4.69) is 0 Å². The van der Waals surface area contributed by atoms with Crippen molar-refractivity contribution in [1.29, 1.82) is 0 Å². The van der Waals surface area contributed by atoms with E-state index in [1.54, 1.807) is 13.8 Å². The van der Waals surface area contributed by atoms with Crippen LogP contribution in [-0.4, -0.2) is 5.78 Å². The van der Waals surface area contributed by atoms with Crippen molar-refractivity contribution in [2.24, 2.45) is 5.92 Å². The van der Waals surface area contributed by atoms with Crippen molar-refractivity contribution in [3.05, 3.63) is 64.7 Å². The van der Waals surface area contributed by atoms with Gasteiger partial charge in [-0.1, -0.05) is 26.0 Å². The summed E-state index contributed by atoms with van der Waals surface area (Å²) in [5.41, 5.74) is -0.876. The zero-order valence-corrected chi connectivity index (χ0v) is 12.7. The van der Waals surface area contributed by atoms with Gasteiger partial charge in [0, 0.05) is 11.5 Å². The number of rotatable bonds is 5. The summed E-state index contributed by atoms with van der Waals surface area (Å²) in [6, 6.07) is 5.60. The predicted octanol–water partition coefficient (Wildman–Crippen LogP) is 5.13. The second-order valence-electron chi connectivity index (χ2n) is 5.37. The van der Waals surface area contributed by atoms with E-state index in [1.165, 1.54) is 24.3 Å². The Morgan fingerprint density at radius 3 is 2.29 bits per heavy atom. The molecule has 0 radical (unpaired) electrons.